The number of hydrogen-bond donors (Lipinski definition) is 2. The molecule has 2 N–H and O–H groups in total. The zero-order valence-corrected chi connectivity index (χ0v) is 12.6. The van der Waals surface area contributed by atoms with Crippen molar-refractivity contribution in [3.8, 4) is 0 Å². The Labute approximate surface area is 123 Å². The fourth-order valence-electron chi connectivity index (χ4n) is 2.24. The van der Waals surface area contributed by atoms with E-state index >= 15 is 0 Å². The number of rotatable bonds is 5. The van der Waals surface area contributed by atoms with E-state index in [4.69, 9.17) is 4.42 Å². The van der Waals surface area contributed by atoms with Crippen molar-refractivity contribution in [3.05, 3.63) is 17.7 Å². The van der Waals surface area contributed by atoms with Crippen LogP contribution in [0.3, 0.4) is 0 Å². The molecule has 1 saturated carbocycles. The van der Waals surface area contributed by atoms with E-state index in [0.29, 0.717) is 34.9 Å². The Morgan fingerprint density at radius 2 is 2.19 bits per heavy atom. The van der Waals surface area contributed by atoms with Gasteiger partial charge in [-0.15, -0.1) is 0 Å². The number of nitrogens with one attached hydrogen (secondary N) is 2. The number of carbonyl (C=O) groups is 1. The lowest BCUT2D eigenvalue weighted by molar-refractivity contribution is 0.0954. The Morgan fingerprint density at radius 1 is 1.43 bits per heavy atom. The summed E-state index contributed by atoms with van der Waals surface area (Å²) in [5, 5.41) is 6.96. The van der Waals surface area contributed by atoms with Crippen molar-refractivity contribution >= 4 is 22.8 Å². The maximum Gasteiger partial charge on any atom is 0.255 e. The van der Waals surface area contributed by atoms with Crippen molar-refractivity contribution in [2.45, 2.75) is 45.6 Å². The summed E-state index contributed by atoms with van der Waals surface area (Å²) in [4.78, 5) is 21.0. The van der Waals surface area contributed by atoms with Crippen LogP contribution >= 0.6 is 0 Å². The molecule has 1 aliphatic carbocycles. The van der Waals surface area contributed by atoms with E-state index in [2.05, 4.69) is 27.5 Å². The van der Waals surface area contributed by atoms with Gasteiger partial charge in [0.05, 0.1) is 10.9 Å². The molecule has 0 atom stereocenters. The third-order valence-electron chi connectivity index (χ3n) is 3.75. The van der Waals surface area contributed by atoms with E-state index in [-0.39, 0.29) is 11.4 Å². The third kappa shape index (κ3) is 2.70. The van der Waals surface area contributed by atoms with Gasteiger partial charge in [0.25, 0.3) is 5.91 Å². The van der Waals surface area contributed by atoms with Gasteiger partial charge in [-0.25, -0.2) is 4.98 Å². The molecule has 2 heterocycles. The lowest BCUT2D eigenvalue weighted by Gasteiger charge is -2.13. The van der Waals surface area contributed by atoms with E-state index in [1.54, 1.807) is 0 Å². The van der Waals surface area contributed by atoms with E-state index in [0.717, 1.165) is 19.3 Å². The van der Waals surface area contributed by atoms with Crippen molar-refractivity contribution in [2.24, 2.45) is 0 Å². The van der Waals surface area contributed by atoms with Crippen LogP contribution in [0, 0.1) is 6.92 Å². The zero-order chi connectivity index (χ0) is 15.0. The smallest absolute Gasteiger partial charge is 0.255 e. The number of furan rings is 1. The van der Waals surface area contributed by atoms with Gasteiger partial charge in [0.2, 0.25) is 5.71 Å². The van der Waals surface area contributed by atoms with Crippen LogP contribution < -0.4 is 10.6 Å². The summed E-state index contributed by atoms with van der Waals surface area (Å²) >= 11 is 0. The van der Waals surface area contributed by atoms with Crippen LogP contribution in [-0.2, 0) is 0 Å². The molecule has 0 bridgehead atoms. The number of hydrogen-bond acceptors (Lipinski definition) is 5. The summed E-state index contributed by atoms with van der Waals surface area (Å²) in [5.41, 5.74) is 1.02. The number of aromatic nitrogens is 2. The first kappa shape index (κ1) is 13.9. The van der Waals surface area contributed by atoms with Crippen molar-refractivity contribution < 1.29 is 9.21 Å². The normalized spacial score (nSPS) is 16.0. The summed E-state index contributed by atoms with van der Waals surface area (Å²) in [7, 11) is 0. The van der Waals surface area contributed by atoms with Gasteiger partial charge in [-0.3, -0.25) is 4.79 Å². The van der Waals surface area contributed by atoms with Crippen LogP contribution in [-0.4, -0.2) is 28.0 Å². The lowest BCUT2D eigenvalue weighted by Crippen LogP contribution is -2.24. The predicted molar refractivity (Wildman–Crippen MR) is 80.4 cm³/mol. The highest BCUT2D eigenvalue weighted by atomic mass is 16.3. The van der Waals surface area contributed by atoms with Gasteiger partial charge in [0, 0.05) is 12.1 Å². The SMILES string of the molecule is CCCNC(=O)c1coc2nc(C)nc(NC3(C)CC3)c12. The van der Waals surface area contributed by atoms with Crippen LogP contribution in [0.15, 0.2) is 10.7 Å². The van der Waals surface area contributed by atoms with E-state index < -0.39 is 0 Å². The van der Waals surface area contributed by atoms with Gasteiger partial charge in [0.1, 0.15) is 17.9 Å². The summed E-state index contributed by atoms with van der Waals surface area (Å²) < 4.78 is 5.45. The predicted octanol–water partition coefficient (Wildman–Crippen LogP) is 2.64. The number of anilines is 1. The molecule has 6 nitrogen and oxygen atoms in total. The zero-order valence-electron chi connectivity index (χ0n) is 12.6. The molecule has 0 saturated heterocycles. The molecule has 3 rings (SSSR count). The first-order valence-corrected chi connectivity index (χ1v) is 7.34. The van der Waals surface area contributed by atoms with Crippen LogP contribution in [0.5, 0.6) is 0 Å². The summed E-state index contributed by atoms with van der Waals surface area (Å²) in [6.07, 6.45) is 4.56. The molecule has 0 spiro atoms. The summed E-state index contributed by atoms with van der Waals surface area (Å²) in [6, 6.07) is 0. The second-order valence-electron chi connectivity index (χ2n) is 5.89. The minimum Gasteiger partial charge on any atom is -0.445 e. The first-order valence-electron chi connectivity index (χ1n) is 7.34. The first-order chi connectivity index (χ1) is 10.0. The highest BCUT2D eigenvalue weighted by Crippen LogP contribution is 2.39. The second-order valence-corrected chi connectivity index (χ2v) is 5.89. The Balaban J connectivity index is 2.03. The Kier molecular flexibility index (Phi) is 3.31. The van der Waals surface area contributed by atoms with Crippen LogP contribution in [0.1, 0.15) is 49.3 Å². The fraction of sp³-hybridized carbons (Fsp3) is 0.533. The fourth-order valence-corrected chi connectivity index (χ4v) is 2.24. The molecule has 1 fully saturated rings. The minimum absolute atomic E-state index is 0.0716. The lowest BCUT2D eigenvalue weighted by atomic mass is 10.2. The molecular formula is C15H20N4O2. The number of fused-ring (bicyclic) bond motifs is 1. The molecule has 21 heavy (non-hydrogen) atoms. The van der Waals surface area contributed by atoms with E-state index in [1.165, 1.54) is 6.26 Å². The second kappa shape index (κ2) is 5.02. The van der Waals surface area contributed by atoms with Crippen molar-refractivity contribution in [1.29, 1.82) is 0 Å². The Morgan fingerprint density at radius 3 is 2.86 bits per heavy atom. The van der Waals surface area contributed by atoms with Crippen molar-refractivity contribution in [2.75, 3.05) is 11.9 Å². The van der Waals surface area contributed by atoms with Gasteiger partial charge in [0.15, 0.2) is 0 Å². The molecule has 0 radical (unpaired) electrons. The van der Waals surface area contributed by atoms with Gasteiger partial charge in [-0.2, -0.15) is 4.98 Å². The quantitative estimate of drug-likeness (QED) is 0.884. The highest BCUT2D eigenvalue weighted by molar-refractivity contribution is 6.08. The number of amides is 1. The minimum atomic E-state index is -0.146. The molecule has 0 aliphatic heterocycles. The molecule has 6 heteroatoms. The Hall–Kier alpha value is -2.11. The molecule has 0 unspecified atom stereocenters. The topological polar surface area (TPSA) is 80.1 Å². The molecule has 1 amide bonds. The van der Waals surface area contributed by atoms with Crippen LogP contribution in [0.25, 0.3) is 11.1 Å². The number of carbonyl (C=O) groups excluding carboxylic acids is 1. The molecular weight excluding hydrogens is 268 g/mol. The highest BCUT2D eigenvalue weighted by Gasteiger charge is 2.38. The number of nitrogens with zero attached hydrogens (tertiary/aromatic N) is 2. The average Bonchev–Trinajstić information content (AvgIpc) is 3.00. The van der Waals surface area contributed by atoms with Gasteiger partial charge in [-0.1, -0.05) is 6.92 Å². The number of aryl methyl sites for hydroxylation is 1. The molecule has 0 aromatic carbocycles. The third-order valence-corrected chi connectivity index (χ3v) is 3.75. The monoisotopic (exact) mass is 288 g/mol. The largest absolute Gasteiger partial charge is 0.445 e. The molecule has 2 aromatic rings. The van der Waals surface area contributed by atoms with Gasteiger partial charge >= 0.3 is 0 Å². The maximum absolute atomic E-state index is 12.2. The van der Waals surface area contributed by atoms with Crippen LogP contribution in [0.2, 0.25) is 0 Å². The van der Waals surface area contributed by atoms with E-state index in [9.17, 15) is 4.79 Å². The van der Waals surface area contributed by atoms with Gasteiger partial charge < -0.3 is 15.1 Å². The Bertz CT molecular complexity index is 688. The molecule has 2 aromatic heterocycles. The van der Waals surface area contributed by atoms with Gasteiger partial charge in [-0.05, 0) is 33.1 Å². The van der Waals surface area contributed by atoms with Crippen LogP contribution in [0.4, 0.5) is 5.82 Å². The van der Waals surface area contributed by atoms with E-state index in [1.807, 2.05) is 13.8 Å². The molecule has 1 aliphatic rings. The molecule has 112 valence electrons. The maximum atomic E-state index is 12.2. The van der Waals surface area contributed by atoms with Crippen molar-refractivity contribution in [1.82, 2.24) is 15.3 Å². The standard InChI is InChI=1S/C15H20N4O2/c1-4-7-16-13(20)10-8-21-14-11(10)12(17-9(2)18-14)19-15(3)5-6-15/h8H,4-7H2,1-3H3,(H,16,20)(H,17,18,19). The average molecular weight is 288 g/mol. The van der Waals surface area contributed by atoms with Crippen molar-refractivity contribution in [3.63, 3.8) is 0 Å². The summed E-state index contributed by atoms with van der Waals surface area (Å²) in [5.74, 6) is 1.17. The summed E-state index contributed by atoms with van der Waals surface area (Å²) in [6.45, 7) is 6.62.